The number of nitrogens with zero attached hydrogens (tertiary/aromatic N) is 4. The van der Waals surface area contributed by atoms with Gasteiger partial charge in [0.1, 0.15) is 17.9 Å². The second-order valence-corrected chi connectivity index (χ2v) is 11.8. The number of nitrogens with one attached hydrogen (secondary N) is 2. The standard InChI is InChI=1S/C24H36N8O9S2/c25-6-2-1-3-15(22(40)41)27-20(38)13-8-18(35)16(9-33)28-21(39)12(7-17(34)14(26)4-5-19(36)37)10-42-23-29-31-24(32-30-23)43-11-13/h12-16,33H,1-11,25-26H2,(H,27,38)(H,28,39)(H,36,37)(H,40,41)/t12-,13-,14-,15-,16-/m0/s1. The van der Waals surface area contributed by atoms with E-state index in [0.29, 0.717) is 19.4 Å². The fraction of sp³-hybridized carbons (Fsp3) is 0.667. The average Bonchev–Trinajstić information content (AvgIpc) is 2.98. The Balaban J connectivity index is 2.28. The van der Waals surface area contributed by atoms with Crippen molar-refractivity contribution in [3.8, 4) is 0 Å². The molecule has 0 unspecified atom stereocenters. The summed E-state index contributed by atoms with van der Waals surface area (Å²) in [5, 5.41) is 49.1. The van der Waals surface area contributed by atoms with E-state index in [0.717, 1.165) is 23.5 Å². The van der Waals surface area contributed by atoms with Gasteiger partial charge < -0.3 is 37.4 Å². The Hall–Kier alpha value is -3.26. The number of rotatable bonds is 14. The Morgan fingerprint density at radius 1 is 1.00 bits per heavy atom. The van der Waals surface area contributed by atoms with Crippen LogP contribution in [0.1, 0.15) is 44.9 Å². The quantitative estimate of drug-likeness (QED) is 0.108. The molecule has 0 saturated heterocycles. The highest BCUT2D eigenvalue weighted by Crippen LogP contribution is 2.23. The van der Waals surface area contributed by atoms with Crippen LogP contribution in [0, 0.1) is 11.8 Å². The maximum atomic E-state index is 13.2. The number of ketones is 2. The summed E-state index contributed by atoms with van der Waals surface area (Å²) in [5.74, 6) is -7.49. The predicted octanol–water partition coefficient (Wildman–Crippen LogP) is -2.02. The molecule has 0 aliphatic carbocycles. The van der Waals surface area contributed by atoms with Gasteiger partial charge in [-0.25, -0.2) is 4.79 Å². The van der Waals surface area contributed by atoms with Gasteiger partial charge in [-0.05, 0) is 32.2 Å². The number of unbranched alkanes of at least 4 members (excludes halogenated alkanes) is 1. The number of carboxylic acids is 2. The zero-order valence-electron chi connectivity index (χ0n) is 23.2. The smallest absolute Gasteiger partial charge is 0.326 e. The lowest BCUT2D eigenvalue weighted by atomic mass is 9.95. The topological polar surface area (TPSA) is 291 Å². The lowest BCUT2D eigenvalue weighted by Gasteiger charge is -2.23. The van der Waals surface area contributed by atoms with Gasteiger partial charge >= 0.3 is 11.9 Å². The van der Waals surface area contributed by atoms with Gasteiger partial charge in [-0.15, -0.1) is 20.4 Å². The van der Waals surface area contributed by atoms with Crippen molar-refractivity contribution in [1.29, 1.82) is 0 Å². The SMILES string of the molecule is NCCCC[C@H](NC(=O)[C@@H]1CSc2nnc(nn2)SC[C@H](CC(=O)[C@@H](N)CCC(=O)O)C(=O)N[C@@H](CO)C(=O)C1)C(=O)O. The molecule has 1 aromatic heterocycles. The third-order valence-corrected chi connectivity index (χ3v) is 8.42. The molecule has 2 aliphatic rings. The number of hydrogen-bond donors (Lipinski definition) is 7. The molecule has 2 amide bonds. The molecule has 238 valence electrons. The molecule has 0 saturated carbocycles. The number of Topliss-reactive ketones (excluding diaryl/α,β-unsaturated/α-hetero) is 2. The first kappa shape index (κ1) is 35.9. The number of hydrogen-bond acceptors (Lipinski definition) is 15. The summed E-state index contributed by atoms with van der Waals surface area (Å²) in [6.45, 7) is -0.451. The molecule has 0 spiro atoms. The summed E-state index contributed by atoms with van der Waals surface area (Å²) in [4.78, 5) is 74.8. The zero-order valence-corrected chi connectivity index (χ0v) is 24.8. The maximum absolute atomic E-state index is 13.2. The van der Waals surface area contributed by atoms with E-state index in [4.69, 9.17) is 16.6 Å². The number of aliphatic hydroxyl groups is 1. The Morgan fingerprint density at radius 2 is 1.63 bits per heavy atom. The minimum Gasteiger partial charge on any atom is -0.481 e. The monoisotopic (exact) mass is 644 g/mol. The van der Waals surface area contributed by atoms with Crippen molar-refractivity contribution < 1.29 is 44.1 Å². The molecule has 19 heteroatoms. The van der Waals surface area contributed by atoms with Crippen molar-refractivity contribution in [1.82, 2.24) is 31.0 Å². The summed E-state index contributed by atoms with van der Waals surface area (Å²) in [6, 6.07) is -3.79. The largest absolute Gasteiger partial charge is 0.481 e. The molecule has 0 radical (unpaired) electrons. The van der Waals surface area contributed by atoms with E-state index in [9.17, 15) is 39.0 Å². The second-order valence-electron chi connectivity index (χ2n) is 9.79. The van der Waals surface area contributed by atoms with Crippen molar-refractivity contribution in [3.63, 3.8) is 0 Å². The van der Waals surface area contributed by atoms with Crippen molar-refractivity contribution >= 4 is 58.8 Å². The van der Waals surface area contributed by atoms with Crippen LogP contribution in [0.3, 0.4) is 0 Å². The van der Waals surface area contributed by atoms with Gasteiger partial charge in [-0.1, -0.05) is 23.5 Å². The van der Waals surface area contributed by atoms with E-state index in [1.807, 2.05) is 0 Å². The Kier molecular flexibility index (Phi) is 15.4. The van der Waals surface area contributed by atoms with Crippen molar-refractivity contribution in [2.45, 2.75) is 73.4 Å². The van der Waals surface area contributed by atoms with E-state index in [2.05, 4.69) is 31.0 Å². The zero-order chi connectivity index (χ0) is 31.9. The Bertz CT molecular complexity index is 1140. The third kappa shape index (κ3) is 12.5. The fourth-order valence-corrected chi connectivity index (χ4v) is 5.54. The number of carboxylic acid groups (broad SMARTS) is 2. The minimum atomic E-state index is -1.43. The molecule has 2 bridgehead atoms. The van der Waals surface area contributed by atoms with E-state index >= 15 is 0 Å². The van der Waals surface area contributed by atoms with Crippen LogP contribution >= 0.6 is 23.5 Å². The third-order valence-electron chi connectivity index (χ3n) is 6.44. The van der Waals surface area contributed by atoms with Gasteiger partial charge in [0.05, 0.1) is 24.5 Å². The van der Waals surface area contributed by atoms with Crippen LogP contribution in [0.25, 0.3) is 0 Å². The van der Waals surface area contributed by atoms with E-state index in [1.165, 1.54) is 0 Å². The molecule has 0 aromatic carbocycles. The number of amides is 2. The number of aliphatic carboxylic acids is 2. The van der Waals surface area contributed by atoms with E-state index in [-0.39, 0.29) is 41.1 Å². The Labute approximate surface area is 255 Å². The highest BCUT2D eigenvalue weighted by Gasteiger charge is 2.33. The molecule has 3 rings (SSSR count). The summed E-state index contributed by atoms with van der Waals surface area (Å²) >= 11 is 1.92. The van der Waals surface area contributed by atoms with Gasteiger partial charge in [0.2, 0.25) is 22.1 Å². The maximum Gasteiger partial charge on any atom is 0.326 e. The van der Waals surface area contributed by atoms with E-state index in [1.54, 1.807) is 0 Å². The fourth-order valence-electron chi connectivity index (χ4n) is 3.91. The first-order chi connectivity index (χ1) is 20.4. The van der Waals surface area contributed by atoms with Crippen molar-refractivity contribution in [2.24, 2.45) is 23.3 Å². The normalized spacial score (nSPS) is 21.1. The number of fused-ring (bicyclic) bond motifs is 12. The molecule has 17 nitrogen and oxygen atoms in total. The van der Waals surface area contributed by atoms with Crippen LogP contribution in [0.15, 0.2) is 10.3 Å². The number of carbonyl (C=O) groups is 6. The number of thioether (sulfide) groups is 2. The van der Waals surface area contributed by atoms with Gasteiger partial charge in [0, 0.05) is 30.8 Å². The molecule has 43 heavy (non-hydrogen) atoms. The van der Waals surface area contributed by atoms with Gasteiger partial charge in [0.25, 0.3) is 0 Å². The summed E-state index contributed by atoms with van der Waals surface area (Å²) < 4.78 is 0. The van der Waals surface area contributed by atoms with Crippen LogP contribution < -0.4 is 22.1 Å². The summed E-state index contributed by atoms with van der Waals surface area (Å²) in [6.07, 6.45) is -0.218. The molecule has 5 atom stereocenters. The van der Waals surface area contributed by atoms with Gasteiger partial charge in [-0.3, -0.25) is 24.0 Å². The average molecular weight is 645 g/mol. The number of carbonyl (C=O) groups excluding carboxylic acids is 4. The second kappa shape index (κ2) is 18.4. The predicted molar refractivity (Wildman–Crippen MR) is 152 cm³/mol. The van der Waals surface area contributed by atoms with Gasteiger partial charge in [-0.2, -0.15) is 0 Å². The first-order valence-corrected chi connectivity index (χ1v) is 15.4. The lowest BCUT2D eigenvalue weighted by molar-refractivity contribution is -0.143. The van der Waals surface area contributed by atoms with E-state index < -0.39 is 84.7 Å². The van der Waals surface area contributed by atoms with Crippen LogP contribution in [0.4, 0.5) is 0 Å². The molecular weight excluding hydrogens is 608 g/mol. The van der Waals surface area contributed by atoms with Crippen molar-refractivity contribution in [2.75, 3.05) is 24.7 Å². The van der Waals surface area contributed by atoms with Crippen LogP contribution in [0.2, 0.25) is 0 Å². The Morgan fingerprint density at radius 3 is 2.19 bits per heavy atom. The summed E-state index contributed by atoms with van der Waals surface area (Å²) in [5.41, 5.74) is 11.3. The highest BCUT2D eigenvalue weighted by atomic mass is 32.2. The highest BCUT2D eigenvalue weighted by molar-refractivity contribution is 7.99. The number of nitrogens with two attached hydrogens (primary N) is 2. The van der Waals surface area contributed by atoms with Gasteiger partial charge in [0.15, 0.2) is 5.78 Å². The minimum absolute atomic E-state index is 0.0584. The first-order valence-electron chi connectivity index (χ1n) is 13.4. The molecule has 3 heterocycles. The molecule has 0 fully saturated rings. The molecular formula is C24H36N8O9S2. The summed E-state index contributed by atoms with van der Waals surface area (Å²) in [7, 11) is 0. The van der Waals surface area contributed by atoms with Crippen LogP contribution in [0.5, 0.6) is 0 Å². The van der Waals surface area contributed by atoms with Crippen LogP contribution in [-0.2, 0) is 28.8 Å². The molecule has 2 aliphatic heterocycles. The van der Waals surface area contributed by atoms with Crippen molar-refractivity contribution in [3.05, 3.63) is 0 Å². The lowest BCUT2D eigenvalue weighted by Crippen LogP contribution is -2.49. The number of aromatic nitrogens is 4. The molecule has 9 N–H and O–H groups in total. The van der Waals surface area contributed by atoms with Crippen LogP contribution in [-0.4, -0.2) is 114 Å². The molecule has 1 aromatic rings. The number of aliphatic hydroxyl groups excluding tert-OH is 1.